The van der Waals surface area contributed by atoms with Crippen LogP contribution in [0.3, 0.4) is 0 Å². The number of aromatic nitrogens is 3. The van der Waals surface area contributed by atoms with Gasteiger partial charge >= 0.3 is 5.97 Å². The maximum Gasteiger partial charge on any atom is 0.365 e. The zero-order chi connectivity index (χ0) is 23.0. The molecule has 1 heterocycles. The molecular formula is C24H21N5O3S. The molecule has 0 radical (unpaired) electrons. The number of para-hydroxylation sites is 1. The second kappa shape index (κ2) is 10.5. The number of hydrazone groups is 1. The molecule has 4 aromatic rings. The molecule has 0 amide bonds. The SMILES string of the molecule is COC(=O)C(=NNc1ccc(OC)cc1)Sc1nnc(-c2ccccc2)n1-c1ccccc1. The van der Waals surface area contributed by atoms with Crippen LogP contribution in [0.4, 0.5) is 5.69 Å². The zero-order valence-electron chi connectivity index (χ0n) is 18.0. The first-order chi connectivity index (χ1) is 16.2. The molecule has 3 aromatic carbocycles. The topological polar surface area (TPSA) is 90.6 Å². The van der Waals surface area contributed by atoms with Gasteiger partial charge in [0.2, 0.25) is 10.2 Å². The molecule has 166 valence electrons. The molecule has 1 N–H and O–H groups in total. The number of esters is 1. The summed E-state index contributed by atoms with van der Waals surface area (Å²) in [6.07, 6.45) is 0. The lowest BCUT2D eigenvalue weighted by Crippen LogP contribution is -2.15. The summed E-state index contributed by atoms with van der Waals surface area (Å²) in [7, 11) is 2.91. The van der Waals surface area contributed by atoms with E-state index in [0.717, 1.165) is 28.8 Å². The summed E-state index contributed by atoms with van der Waals surface area (Å²) < 4.78 is 12.0. The maximum atomic E-state index is 12.5. The normalized spacial score (nSPS) is 11.2. The van der Waals surface area contributed by atoms with Crippen LogP contribution in [0, 0.1) is 0 Å². The van der Waals surface area contributed by atoms with Crippen molar-refractivity contribution in [2.75, 3.05) is 19.6 Å². The molecule has 0 spiro atoms. The first-order valence-corrected chi connectivity index (χ1v) is 10.8. The first kappa shape index (κ1) is 22.1. The summed E-state index contributed by atoms with van der Waals surface area (Å²) >= 11 is 1.06. The molecule has 0 unspecified atom stereocenters. The Hall–Kier alpha value is -4.11. The fourth-order valence-electron chi connectivity index (χ4n) is 2.98. The van der Waals surface area contributed by atoms with Gasteiger partial charge in [-0.25, -0.2) is 4.79 Å². The predicted octanol–water partition coefficient (Wildman–Crippen LogP) is 4.63. The smallest absolute Gasteiger partial charge is 0.365 e. The van der Waals surface area contributed by atoms with Crippen molar-refractivity contribution >= 4 is 28.5 Å². The molecule has 1 aromatic heterocycles. The second-order valence-electron chi connectivity index (χ2n) is 6.69. The van der Waals surface area contributed by atoms with Gasteiger partial charge in [0.25, 0.3) is 0 Å². The highest BCUT2D eigenvalue weighted by molar-refractivity contribution is 8.15. The van der Waals surface area contributed by atoms with Crippen LogP contribution in [0.1, 0.15) is 0 Å². The van der Waals surface area contributed by atoms with Crippen LogP contribution in [-0.2, 0) is 9.53 Å². The average molecular weight is 460 g/mol. The van der Waals surface area contributed by atoms with Crippen molar-refractivity contribution in [1.82, 2.24) is 14.8 Å². The Kier molecular flexibility index (Phi) is 7.01. The molecule has 4 rings (SSSR count). The molecule has 8 nitrogen and oxygen atoms in total. The number of hydrogen-bond donors (Lipinski definition) is 1. The Bertz CT molecular complexity index is 1240. The van der Waals surface area contributed by atoms with Gasteiger partial charge in [-0.1, -0.05) is 48.5 Å². The predicted molar refractivity (Wildman–Crippen MR) is 129 cm³/mol. The molecular weight excluding hydrogens is 438 g/mol. The molecule has 0 bridgehead atoms. The number of benzene rings is 3. The van der Waals surface area contributed by atoms with Crippen LogP contribution < -0.4 is 10.2 Å². The molecule has 0 fully saturated rings. The summed E-state index contributed by atoms with van der Waals surface area (Å²) in [5.41, 5.74) is 5.32. The van der Waals surface area contributed by atoms with Crippen LogP contribution in [0.15, 0.2) is 95.2 Å². The first-order valence-electron chi connectivity index (χ1n) is 10.00. The second-order valence-corrected chi connectivity index (χ2v) is 7.65. The Morgan fingerprint density at radius 1 is 0.909 bits per heavy atom. The van der Waals surface area contributed by atoms with Crippen molar-refractivity contribution in [2.45, 2.75) is 5.16 Å². The number of ether oxygens (including phenoxy) is 2. The van der Waals surface area contributed by atoms with Gasteiger partial charge in [-0.3, -0.25) is 9.99 Å². The number of anilines is 1. The Morgan fingerprint density at radius 3 is 2.21 bits per heavy atom. The molecule has 33 heavy (non-hydrogen) atoms. The van der Waals surface area contributed by atoms with E-state index in [1.807, 2.05) is 65.2 Å². The summed E-state index contributed by atoms with van der Waals surface area (Å²) in [6, 6.07) is 26.6. The number of hydrogen-bond acceptors (Lipinski definition) is 8. The number of carbonyl (C=O) groups is 1. The maximum absolute atomic E-state index is 12.5. The van der Waals surface area contributed by atoms with Crippen molar-refractivity contribution in [3.63, 3.8) is 0 Å². The lowest BCUT2D eigenvalue weighted by molar-refractivity contribution is -0.132. The molecule has 0 aliphatic rings. The van der Waals surface area contributed by atoms with Crippen LogP contribution in [-0.4, -0.2) is 40.0 Å². The van der Waals surface area contributed by atoms with Gasteiger partial charge in [-0.2, -0.15) is 5.10 Å². The standard InChI is InChI=1S/C24H21N5O3S/c1-31-20-15-13-18(14-16-20)25-27-22(23(30)32-2)33-24-28-26-21(17-9-5-3-6-10-17)29(24)19-11-7-4-8-12-19/h3-16,25H,1-2H3. The molecule has 0 aliphatic carbocycles. The van der Waals surface area contributed by atoms with Crippen molar-refractivity contribution in [1.29, 1.82) is 0 Å². The lowest BCUT2D eigenvalue weighted by Gasteiger charge is -2.11. The third-order valence-electron chi connectivity index (χ3n) is 4.60. The number of methoxy groups -OCH3 is 2. The van der Waals surface area contributed by atoms with E-state index >= 15 is 0 Å². The van der Waals surface area contributed by atoms with Gasteiger partial charge in [-0.15, -0.1) is 10.2 Å². The van der Waals surface area contributed by atoms with E-state index in [-0.39, 0.29) is 5.04 Å². The van der Waals surface area contributed by atoms with Gasteiger partial charge < -0.3 is 9.47 Å². The largest absolute Gasteiger partial charge is 0.497 e. The van der Waals surface area contributed by atoms with Crippen molar-refractivity contribution in [3.8, 4) is 22.8 Å². The lowest BCUT2D eigenvalue weighted by atomic mass is 10.2. The summed E-state index contributed by atoms with van der Waals surface area (Å²) in [6.45, 7) is 0. The monoisotopic (exact) mass is 459 g/mol. The quantitative estimate of drug-likeness (QED) is 0.148. The van der Waals surface area contributed by atoms with E-state index in [9.17, 15) is 4.79 Å². The number of nitrogens with one attached hydrogen (secondary N) is 1. The third-order valence-corrected chi connectivity index (χ3v) is 5.50. The fraction of sp³-hybridized carbons (Fsp3) is 0.0833. The van der Waals surface area contributed by atoms with E-state index in [0.29, 0.717) is 16.7 Å². The highest BCUT2D eigenvalue weighted by atomic mass is 32.2. The molecule has 0 saturated heterocycles. The van der Waals surface area contributed by atoms with Gasteiger partial charge in [0, 0.05) is 11.3 Å². The number of rotatable bonds is 6. The minimum Gasteiger partial charge on any atom is -0.497 e. The number of carbonyl (C=O) groups excluding carboxylic acids is 1. The molecule has 0 aliphatic heterocycles. The summed E-state index contributed by atoms with van der Waals surface area (Å²) in [4.78, 5) is 12.5. The van der Waals surface area contributed by atoms with Gasteiger partial charge in [0.15, 0.2) is 5.82 Å². The van der Waals surface area contributed by atoms with E-state index in [1.165, 1.54) is 7.11 Å². The van der Waals surface area contributed by atoms with Crippen molar-refractivity contribution in [3.05, 3.63) is 84.9 Å². The van der Waals surface area contributed by atoms with Crippen LogP contribution in [0.25, 0.3) is 17.1 Å². The van der Waals surface area contributed by atoms with Crippen molar-refractivity contribution < 1.29 is 14.3 Å². The minimum atomic E-state index is -0.593. The minimum absolute atomic E-state index is 0.0810. The summed E-state index contributed by atoms with van der Waals surface area (Å²) in [5.74, 6) is 0.776. The Labute approximate surface area is 195 Å². The molecule has 9 heteroatoms. The summed E-state index contributed by atoms with van der Waals surface area (Å²) in [5, 5.41) is 13.6. The number of nitrogens with zero attached hydrogens (tertiary/aromatic N) is 4. The Balaban J connectivity index is 1.70. The van der Waals surface area contributed by atoms with Crippen LogP contribution in [0.5, 0.6) is 5.75 Å². The van der Waals surface area contributed by atoms with Gasteiger partial charge in [-0.05, 0) is 48.2 Å². The third kappa shape index (κ3) is 5.21. The van der Waals surface area contributed by atoms with Gasteiger partial charge in [0.1, 0.15) is 5.75 Å². The van der Waals surface area contributed by atoms with E-state index < -0.39 is 5.97 Å². The Morgan fingerprint density at radius 2 is 1.58 bits per heavy atom. The number of thioether (sulfide) groups is 1. The molecule has 0 saturated carbocycles. The highest BCUT2D eigenvalue weighted by Crippen LogP contribution is 2.29. The zero-order valence-corrected chi connectivity index (χ0v) is 18.8. The van der Waals surface area contributed by atoms with Crippen LogP contribution in [0.2, 0.25) is 0 Å². The fourth-order valence-corrected chi connectivity index (χ4v) is 3.78. The van der Waals surface area contributed by atoms with E-state index in [1.54, 1.807) is 31.4 Å². The average Bonchev–Trinajstić information content (AvgIpc) is 3.31. The van der Waals surface area contributed by atoms with E-state index in [4.69, 9.17) is 9.47 Å². The highest BCUT2D eigenvalue weighted by Gasteiger charge is 2.22. The van der Waals surface area contributed by atoms with Crippen LogP contribution >= 0.6 is 11.8 Å². The molecule has 0 atom stereocenters. The van der Waals surface area contributed by atoms with Gasteiger partial charge in [0.05, 0.1) is 19.9 Å². The van der Waals surface area contributed by atoms with Crippen molar-refractivity contribution in [2.24, 2.45) is 5.10 Å². The van der Waals surface area contributed by atoms with E-state index in [2.05, 4.69) is 20.7 Å².